The van der Waals surface area contributed by atoms with Gasteiger partial charge in [-0.25, -0.2) is 0 Å². The fraction of sp³-hybridized carbons (Fsp3) is 0.400. The summed E-state index contributed by atoms with van der Waals surface area (Å²) in [6, 6.07) is 0. The molecule has 0 aliphatic carbocycles. The van der Waals surface area contributed by atoms with Crippen LogP contribution in [0.3, 0.4) is 0 Å². The molecule has 0 N–H and O–H groups in total. The van der Waals surface area contributed by atoms with Crippen molar-refractivity contribution in [1.29, 1.82) is 0 Å². The van der Waals surface area contributed by atoms with Crippen LogP contribution in [0.1, 0.15) is 20.3 Å². The maximum Gasteiger partial charge on any atom is 0.0296 e. The Morgan fingerprint density at radius 2 is 2.00 bits per heavy atom. The van der Waals surface area contributed by atoms with Crippen molar-refractivity contribution in [3.8, 4) is 11.8 Å². The van der Waals surface area contributed by atoms with Gasteiger partial charge in [0.05, 0.1) is 0 Å². The smallest absolute Gasteiger partial charge is 0.0296 e. The molecule has 0 aliphatic rings. The molecule has 0 aromatic carbocycles. The minimum atomic E-state index is 0.0515. The van der Waals surface area contributed by atoms with Crippen LogP contribution in [0.4, 0.5) is 0 Å². The molecule has 0 aromatic heterocycles. The Labute approximate surface area is 63.6 Å². The van der Waals surface area contributed by atoms with Crippen molar-refractivity contribution in [3.05, 3.63) is 25.3 Å². The molecule has 0 heterocycles. The van der Waals surface area contributed by atoms with Crippen molar-refractivity contribution in [1.82, 2.24) is 0 Å². The molecule has 0 fully saturated rings. The second kappa shape index (κ2) is 3.95. The maximum atomic E-state index is 3.66. The summed E-state index contributed by atoms with van der Waals surface area (Å²) in [5.74, 6) is 5.91. The summed E-state index contributed by atoms with van der Waals surface area (Å²) < 4.78 is 0. The Hall–Kier alpha value is -0.960. The Morgan fingerprint density at radius 3 is 2.40 bits per heavy atom. The summed E-state index contributed by atoms with van der Waals surface area (Å²) in [5.41, 5.74) is 0.0515. The SMILES string of the molecule is C=CC#CC(C)(C)CC=C. The minimum Gasteiger partial charge on any atom is -0.103 e. The van der Waals surface area contributed by atoms with E-state index in [0.29, 0.717) is 0 Å². The lowest BCUT2D eigenvalue weighted by Crippen LogP contribution is -2.05. The first-order valence-electron chi connectivity index (χ1n) is 3.37. The maximum absolute atomic E-state index is 3.66. The standard InChI is InChI=1S/C10H14/c1-5-7-9-10(3,4)8-6-2/h5-6H,1-2,8H2,3-4H3. The molecule has 0 saturated carbocycles. The highest BCUT2D eigenvalue weighted by Crippen LogP contribution is 2.18. The van der Waals surface area contributed by atoms with Crippen LogP contribution in [0.15, 0.2) is 25.3 Å². The minimum absolute atomic E-state index is 0.0515. The molecule has 0 rings (SSSR count). The van der Waals surface area contributed by atoms with Gasteiger partial charge in [0.1, 0.15) is 0 Å². The zero-order chi connectivity index (χ0) is 8.04. The van der Waals surface area contributed by atoms with Gasteiger partial charge >= 0.3 is 0 Å². The quantitative estimate of drug-likeness (QED) is 0.402. The molecule has 0 nitrogen and oxygen atoms in total. The van der Waals surface area contributed by atoms with Gasteiger partial charge in [-0.1, -0.05) is 24.5 Å². The Kier molecular flexibility index (Phi) is 3.57. The topological polar surface area (TPSA) is 0 Å². The van der Waals surface area contributed by atoms with Gasteiger partial charge in [0.25, 0.3) is 0 Å². The molecule has 10 heavy (non-hydrogen) atoms. The summed E-state index contributed by atoms with van der Waals surface area (Å²) in [7, 11) is 0. The highest BCUT2D eigenvalue weighted by Gasteiger charge is 2.10. The first-order chi connectivity index (χ1) is 4.62. The van der Waals surface area contributed by atoms with Gasteiger partial charge in [-0.2, -0.15) is 0 Å². The summed E-state index contributed by atoms with van der Waals surface area (Å²) in [4.78, 5) is 0. The summed E-state index contributed by atoms with van der Waals surface area (Å²) >= 11 is 0. The Morgan fingerprint density at radius 1 is 1.40 bits per heavy atom. The molecule has 0 aliphatic heterocycles. The first-order valence-corrected chi connectivity index (χ1v) is 3.37. The van der Waals surface area contributed by atoms with Crippen molar-refractivity contribution in [2.24, 2.45) is 5.41 Å². The van der Waals surface area contributed by atoms with Crippen molar-refractivity contribution >= 4 is 0 Å². The highest BCUT2D eigenvalue weighted by atomic mass is 14.1. The van der Waals surface area contributed by atoms with E-state index in [1.165, 1.54) is 0 Å². The number of rotatable bonds is 2. The van der Waals surface area contributed by atoms with Crippen LogP contribution < -0.4 is 0 Å². The van der Waals surface area contributed by atoms with Crippen LogP contribution in [-0.2, 0) is 0 Å². The molecule has 0 spiro atoms. The third kappa shape index (κ3) is 3.97. The lowest BCUT2D eigenvalue weighted by atomic mass is 9.90. The summed E-state index contributed by atoms with van der Waals surface area (Å²) in [6.45, 7) is 11.4. The lowest BCUT2D eigenvalue weighted by molar-refractivity contribution is 0.513. The van der Waals surface area contributed by atoms with Crippen LogP contribution in [0.2, 0.25) is 0 Å². The van der Waals surface area contributed by atoms with E-state index in [2.05, 4.69) is 38.8 Å². The van der Waals surface area contributed by atoms with Crippen LogP contribution in [0.5, 0.6) is 0 Å². The fourth-order valence-corrected chi connectivity index (χ4v) is 0.658. The molecular weight excluding hydrogens is 120 g/mol. The second-order valence-corrected chi connectivity index (χ2v) is 2.85. The van der Waals surface area contributed by atoms with Crippen LogP contribution in [-0.4, -0.2) is 0 Å². The van der Waals surface area contributed by atoms with Crippen LogP contribution in [0.25, 0.3) is 0 Å². The van der Waals surface area contributed by atoms with E-state index in [9.17, 15) is 0 Å². The van der Waals surface area contributed by atoms with E-state index in [1.807, 2.05) is 6.08 Å². The zero-order valence-corrected chi connectivity index (χ0v) is 6.78. The van der Waals surface area contributed by atoms with Crippen molar-refractivity contribution in [2.75, 3.05) is 0 Å². The zero-order valence-electron chi connectivity index (χ0n) is 6.78. The predicted molar refractivity (Wildman–Crippen MR) is 46.6 cm³/mol. The molecule has 0 radical (unpaired) electrons. The van der Waals surface area contributed by atoms with Crippen molar-refractivity contribution in [2.45, 2.75) is 20.3 Å². The molecule has 0 saturated heterocycles. The first kappa shape index (κ1) is 9.04. The van der Waals surface area contributed by atoms with Gasteiger partial charge in [-0.15, -0.1) is 6.58 Å². The average Bonchev–Trinajstić information content (AvgIpc) is 1.84. The van der Waals surface area contributed by atoms with Gasteiger partial charge in [-0.05, 0) is 26.3 Å². The van der Waals surface area contributed by atoms with Gasteiger partial charge in [0.2, 0.25) is 0 Å². The molecule has 0 unspecified atom stereocenters. The highest BCUT2D eigenvalue weighted by molar-refractivity contribution is 5.18. The normalized spacial score (nSPS) is 9.40. The van der Waals surface area contributed by atoms with Crippen LogP contribution >= 0.6 is 0 Å². The van der Waals surface area contributed by atoms with E-state index in [-0.39, 0.29) is 5.41 Å². The van der Waals surface area contributed by atoms with E-state index < -0.39 is 0 Å². The summed E-state index contributed by atoms with van der Waals surface area (Å²) in [6.07, 6.45) is 4.43. The average molecular weight is 134 g/mol. The Balaban J connectivity index is 4.09. The molecule has 0 atom stereocenters. The molecular formula is C10H14. The molecule has 0 bridgehead atoms. The number of allylic oxidation sites excluding steroid dienone is 2. The fourth-order valence-electron chi connectivity index (χ4n) is 0.658. The third-order valence-corrected chi connectivity index (χ3v) is 1.17. The molecule has 0 aromatic rings. The number of hydrogen-bond donors (Lipinski definition) is 0. The largest absolute Gasteiger partial charge is 0.103 e. The van der Waals surface area contributed by atoms with Crippen molar-refractivity contribution < 1.29 is 0 Å². The van der Waals surface area contributed by atoms with Gasteiger partial charge < -0.3 is 0 Å². The summed E-state index contributed by atoms with van der Waals surface area (Å²) in [5, 5.41) is 0. The van der Waals surface area contributed by atoms with Gasteiger partial charge in [0, 0.05) is 5.41 Å². The van der Waals surface area contributed by atoms with E-state index in [0.717, 1.165) is 6.42 Å². The van der Waals surface area contributed by atoms with Crippen molar-refractivity contribution in [3.63, 3.8) is 0 Å². The predicted octanol–water partition coefficient (Wildman–Crippen LogP) is 2.78. The lowest BCUT2D eigenvalue weighted by Gasteiger charge is -2.13. The Bertz CT molecular complexity index is 174. The molecule has 0 heteroatoms. The van der Waals surface area contributed by atoms with E-state index in [1.54, 1.807) is 6.08 Å². The second-order valence-electron chi connectivity index (χ2n) is 2.85. The molecule has 0 amide bonds. The van der Waals surface area contributed by atoms with Crippen LogP contribution in [0, 0.1) is 17.3 Å². The van der Waals surface area contributed by atoms with E-state index in [4.69, 9.17) is 0 Å². The monoisotopic (exact) mass is 134 g/mol. The number of hydrogen-bond acceptors (Lipinski definition) is 0. The third-order valence-electron chi connectivity index (χ3n) is 1.17. The van der Waals surface area contributed by atoms with E-state index >= 15 is 0 Å². The van der Waals surface area contributed by atoms with Gasteiger partial charge in [-0.3, -0.25) is 0 Å². The molecule has 54 valence electrons. The van der Waals surface area contributed by atoms with Gasteiger partial charge in [0.15, 0.2) is 0 Å².